The van der Waals surface area contributed by atoms with Crippen LogP contribution in [-0.2, 0) is 57.0 Å². The summed E-state index contributed by atoms with van der Waals surface area (Å²) in [5.74, 6) is -2.01. The highest BCUT2D eigenvalue weighted by Gasteiger charge is 2.37. The van der Waals surface area contributed by atoms with Crippen molar-refractivity contribution in [1.29, 1.82) is 0 Å². The van der Waals surface area contributed by atoms with Gasteiger partial charge in [0.05, 0.1) is 11.1 Å². The molecule has 0 saturated heterocycles. The lowest BCUT2D eigenvalue weighted by Gasteiger charge is -2.33. The van der Waals surface area contributed by atoms with Crippen LogP contribution in [0.4, 0.5) is 55.3 Å². The Kier molecular flexibility index (Phi) is 18.8. The van der Waals surface area contributed by atoms with Crippen LogP contribution in [0.2, 0.25) is 0 Å². The van der Waals surface area contributed by atoms with Crippen molar-refractivity contribution in [2.45, 2.75) is 75.9 Å². The summed E-state index contributed by atoms with van der Waals surface area (Å²) < 4.78 is 157. The van der Waals surface area contributed by atoms with Crippen molar-refractivity contribution < 1.29 is 72.4 Å². The summed E-state index contributed by atoms with van der Waals surface area (Å²) in [5, 5.41) is 0. The van der Waals surface area contributed by atoms with Gasteiger partial charge in [-0.3, -0.25) is 0 Å². The van der Waals surface area contributed by atoms with Crippen LogP contribution >= 0.6 is 0 Å². The average molecular weight is 1050 g/mol. The fraction of sp³-hybridized carbons (Fsp3) is 0.263. The molecule has 0 amide bonds. The lowest BCUT2D eigenvalue weighted by molar-refractivity contribution is -0.186. The minimum absolute atomic E-state index is 0.114. The molecule has 0 heterocycles. The van der Waals surface area contributed by atoms with Gasteiger partial charge in [-0.2, -0.15) is 43.9 Å². The predicted molar refractivity (Wildman–Crippen MR) is 264 cm³/mol. The van der Waals surface area contributed by atoms with Crippen LogP contribution in [0.25, 0.3) is 12.2 Å². The van der Waals surface area contributed by atoms with E-state index in [1.165, 1.54) is 84.9 Å². The molecule has 0 unspecified atom stereocenters. The Morgan fingerprint density at radius 1 is 0.427 bits per heavy atom. The van der Waals surface area contributed by atoms with E-state index in [1.807, 2.05) is 0 Å². The molecule has 0 radical (unpaired) electrons. The van der Waals surface area contributed by atoms with Crippen molar-refractivity contribution in [2.24, 2.45) is 5.41 Å². The predicted octanol–water partition coefficient (Wildman–Crippen LogP) is 14.2. The molecule has 0 aliphatic heterocycles. The molecule has 6 aromatic carbocycles. The van der Waals surface area contributed by atoms with Crippen LogP contribution in [0.15, 0.2) is 158 Å². The van der Waals surface area contributed by atoms with E-state index in [9.17, 15) is 35.9 Å². The molecular formula is C57H52F10N2O6. The fourth-order valence-corrected chi connectivity index (χ4v) is 7.74. The highest BCUT2D eigenvalue weighted by molar-refractivity contribution is 5.87. The standard InChI is InChI=1S/C57H52F10N2O6/c58-54(59,60)33-1-3-39-13-27-49(28-14-39)74-56(64,65)45-19-5-41(6-20-45)17-31-51(70)72-37-53(35-43-9-23-47(68)24-10-43,36-44-11-25-48(69)26-12-44)38-73-52(71)32-18-42-7-21-46(22-8-42)57(66,67)75-50-29-15-40(16-30-50)4-2-34-55(61,62)63/h5-32H,1-4,33-38,68-69H2/b31-17+,32-18+. The zero-order valence-electron chi connectivity index (χ0n) is 40.1. The first-order chi connectivity index (χ1) is 35.4. The second-order valence-electron chi connectivity index (χ2n) is 17.9. The lowest BCUT2D eigenvalue weighted by atomic mass is 9.77. The van der Waals surface area contributed by atoms with E-state index >= 15 is 17.6 Å². The number of anilines is 2. The highest BCUT2D eigenvalue weighted by atomic mass is 19.4. The van der Waals surface area contributed by atoms with Crippen LogP contribution in [0.1, 0.15) is 70.2 Å². The zero-order chi connectivity index (χ0) is 54.3. The molecular weight excluding hydrogens is 999 g/mol. The molecule has 0 atom stereocenters. The van der Waals surface area contributed by atoms with Crippen molar-refractivity contribution in [2.75, 3.05) is 24.7 Å². The number of rotatable bonds is 24. The van der Waals surface area contributed by atoms with Crippen LogP contribution in [0.5, 0.6) is 11.5 Å². The Balaban J connectivity index is 1.10. The summed E-state index contributed by atoms with van der Waals surface area (Å²) in [6.07, 6.45) is -12.8. The number of alkyl halides is 10. The number of aryl methyl sites for hydroxylation is 2. The maximum Gasteiger partial charge on any atom is 0.426 e. The molecule has 4 N–H and O–H groups in total. The summed E-state index contributed by atoms with van der Waals surface area (Å²) in [6.45, 7) is -0.578. The molecule has 0 saturated carbocycles. The van der Waals surface area contributed by atoms with Crippen molar-refractivity contribution >= 4 is 35.5 Å². The van der Waals surface area contributed by atoms with E-state index in [2.05, 4.69) is 0 Å². The highest BCUT2D eigenvalue weighted by Crippen LogP contribution is 2.35. The van der Waals surface area contributed by atoms with Crippen LogP contribution in [0.3, 0.4) is 0 Å². The van der Waals surface area contributed by atoms with E-state index in [0.29, 0.717) is 33.6 Å². The molecule has 0 aromatic heterocycles. The van der Waals surface area contributed by atoms with Gasteiger partial charge in [0.15, 0.2) is 0 Å². The molecule has 8 nitrogen and oxygen atoms in total. The average Bonchev–Trinajstić information content (AvgIpc) is 3.35. The van der Waals surface area contributed by atoms with Gasteiger partial charge in [0, 0.05) is 41.8 Å². The zero-order valence-corrected chi connectivity index (χ0v) is 40.1. The minimum Gasteiger partial charge on any atom is -0.462 e. The SMILES string of the molecule is Nc1ccc(CC(COC(=O)/C=C/c2ccc(C(F)(F)Oc3ccc(CCCC(F)(F)F)cc3)cc2)(COC(=O)/C=C/c2ccc(C(F)(F)Oc3ccc(CCCC(F)(F)F)cc3)cc2)Cc2ccc(N)cc2)cc1. The maximum absolute atomic E-state index is 15.1. The van der Waals surface area contributed by atoms with Crippen LogP contribution in [0, 0.1) is 5.41 Å². The Morgan fingerprint density at radius 2 is 0.747 bits per heavy atom. The number of esters is 2. The molecule has 6 aromatic rings. The van der Waals surface area contributed by atoms with Crippen molar-refractivity contribution in [1.82, 2.24) is 0 Å². The van der Waals surface area contributed by atoms with Gasteiger partial charge in [-0.15, -0.1) is 0 Å². The normalized spacial score (nSPS) is 12.5. The quantitative estimate of drug-likeness (QED) is 0.0266. The lowest BCUT2D eigenvalue weighted by Crippen LogP contribution is -2.38. The Labute approximate surface area is 426 Å². The number of carbonyl (C=O) groups is 2. The van der Waals surface area contributed by atoms with Crippen LogP contribution < -0.4 is 20.9 Å². The molecule has 0 aliphatic carbocycles. The fourth-order valence-electron chi connectivity index (χ4n) is 7.74. The number of carbonyl (C=O) groups excluding carboxylic acids is 2. The number of halogens is 10. The van der Waals surface area contributed by atoms with Gasteiger partial charge in [0.1, 0.15) is 24.7 Å². The van der Waals surface area contributed by atoms with Gasteiger partial charge >= 0.3 is 36.5 Å². The number of ether oxygens (including phenoxy) is 4. The topological polar surface area (TPSA) is 123 Å². The molecule has 0 aliphatic rings. The van der Waals surface area contributed by atoms with Gasteiger partial charge in [-0.25, -0.2) is 9.59 Å². The van der Waals surface area contributed by atoms with Gasteiger partial charge in [0.25, 0.3) is 0 Å². The van der Waals surface area contributed by atoms with Gasteiger partial charge in [0.2, 0.25) is 0 Å². The molecule has 0 fully saturated rings. The Bertz CT molecular complexity index is 2640. The summed E-state index contributed by atoms with van der Waals surface area (Å²) in [7, 11) is 0. The molecule has 396 valence electrons. The summed E-state index contributed by atoms with van der Waals surface area (Å²) in [4.78, 5) is 26.6. The third-order valence-electron chi connectivity index (χ3n) is 11.7. The molecule has 75 heavy (non-hydrogen) atoms. The number of hydrogen-bond acceptors (Lipinski definition) is 8. The first-order valence-electron chi connectivity index (χ1n) is 23.5. The van der Waals surface area contributed by atoms with Crippen molar-refractivity contribution in [3.8, 4) is 11.5 Å². The molecule has 0 bridgehead atoms. The Hall–Kier alpha value is -7.76. The van der Waals surface area contributed by atoms with Crippen molar-refractivity contribution in [3.05, 3.63) is 202 Å². The monoisotopic (exact) mass is 1050 g/mol. The first-order valence-corrected chi connectivity index (χ1v) is 23.5. The van der Waals surface area contributed by atoms with Crippen LogP contribution in [-0.4, -0.2) is 37.5 Å². The number of hydrogen-bond donors (Lipinski definition) is 2. The Morgan fingerprint density at radius 3 is 1.07 bits per heavy atom. The van der Waals surface area contributed by atoms with E-state index in [0.717, 1.165) is 47.5 Å². The second-order valence-corrected chi connectivity index (χ2v) is 17.9. The molecule has 0 spiro atoms. The summed E-state index contributed by atoms with van der Waals surface area (Å²) >= 11 is 0. The maximum atomic E-state index is 15.1. The summed E-state index contributed by atoms with van der Waals surface area (Å²) in [5.41, 5.74) is 14.1. The largest absolute Gasteiger partial charge is 0.462 e. The first kappa shape index (κ1) is 56.5. The second kappa shape index (κ2) is 25.0. The molecule has 18 heteroatoms. The smallest absolute Gasteiger partial charge is 0.426 e. The van der Waals surface area contributed by atoms with E-state index in [1.54, 1.807) is 48.5 Å². The van der Waals surface area contributed by atoms with Gasteiger partial charge in [-0.1, -0.05) is 72.8 Å². The van der Waals surface area contributed by atoms with E-state index in [4.69, 9.17) is 30.4 Å². The van der Waals surface area contributed by atoms with Crippen molar-refractivity contribution in [3.63, 3.8) is 0 Å². The third kappa shape index (κ3) is 18.9. The number of nitrogens with two attached hydrogens (primary N) is 2. The van der Waals surface area contributed by atoms with Gasteiger partial charge < -0.3 is 30.4 Å². The van der Waals surface area contributed by atoms with E-state index in [-0.39, 0.29) is 63.2 Å². The number of benzene rings is 6. The summed E-state index contributed by atoms with van der Waals surface area (Å²) in [6, 6.07) is 34.3. The van der Waals surface area contributed by atoms with Gasteiger partial charge in [-0.05, 0) is 157 Å². The minimum atomic E-state index is -4.29. The third-order valence-corrected chi connectivity index (χ3v) is 11.7. The molecule has 6 rings (SSSR count). The number of nitrogen functional groups attached to an aromatic ring is 2. The van der Waals surface area contributed by atoms with E-state index < -0.39 is 65.9 Å².